The number of nitrogens with zero attached hydrogens (tertiary/aromatic N) is 3. The number of rotatable bonds is 4. The molecule has 1 aromatic rings. The molecule has 160 valence electrons. The standard InChI is InChI=1S/C21H32N4O4/c1-15-5-9-22-13-16(15)18(27)25-10-6-21(7-11-25)19(28)20(2,8-12-29-21)23-17(26)14-24(3)4/h5,9,13,19,28H,6-8,10-12,14H2,1-4H3,(H,23,26)/t19-,20+/m1/s1. The number of pyridine rings is 1. The van der Waals surface area contributed by atoms with Gasteiger partial charge in [0.25, 0.3) is 5.91 Å². The predicted molar refractivity (Wildman–Crippen MR) is 109 cm³/mol. The van der Waals surface area contributed by atoms with E-state index in [-0.39, 0.29) is 18.4 Å². The third-order valence-electron chi connectivity index (χ3n) is 6.16. The second kappa shape index (κ2) is 8.38. The maximum Gasteiger partial charge on any atom is 0.255 e. The van der Waals surface area contributed by atoms with E-state index < -0.39 is 17.2 Å². The molecule has 8 heteroatoms. The average molecular weight is 405 g/mol. The van der Waals surface area contributed by atoms with Crippen LogP contribution < -0.4 is 5.32 Å². The smallest absolute Gasteiger partial charge is 0.255 e. The van der Waals surface area contributed by atoms with Crippen molar-refractivity contribution in [2.24, 2.45) is 0 Å². The second-order valence-corrected chi connectivity index (χ2v) is 8.75. The van der Waals surface area contributed by atoms with Gasteiger partial charge in [-0.1, -0.05) is 0 Å². The van der Waals surface area contributed by atoms with Gasteiger partial charge >= 0.3 is 0 Å². The third kappa shape index (κ3) is 4.44. The summed E-state index contributed by atoms with van der Waals surface area (Å²) >= 11 is 0. The van der Waals surface area contributed by atoms with Crippen molar-refractivity contribution in [3.63, 3.8) is 0 Å². The number of piperidine rings is 1. The molecule has 2 amide bonds. The Morgan fingerprint density at radius 1 is 1.34 bits per heavy atom. The maximum atomic E-state index is 12.9. The van der Waals surface area contributed by atoms with Gasteiger partial charge in [-0.25, -0.2) is 0 Å². The lowest BCUT2D eigenvalue weighted by Crippen LogP contribution is -2.69. The monoisotopic (exact) mass is 404 g/mol. The van der Waals surface area contributed by atoms with E-state index in [1.165, 1.54) is 0 Å². The number of nitrogens with one attached hydrogen (secondary N) is 1. The molecule has 0 aliphatic carbocycles. The zero-order valence-electron chi connectivity index (χ0n) is 17.8. The Hall–Kier alpha value is -2.03. The molecule has 3 heterocycles. The minimum Gasteiger partial charge on any atom is -0.388 e. The number of aryl methyl sites for hydroxylation is 1. The molecule has 0 unspecified atom stereocenters. The van der Waals surface area contributed by atoms with E-state index in [0.717, 1.165) is 5.56 Å². The molecule has 0 aromatic carbocycles. The number of likely N-dealkylation sites (N-methyl/N-ethyl adjacent to an activating group) is 1. The minimum atomic E-state index is -0.841. The van der Waals surface area contributed by atoms with Crippen molar-refractivity contribution in [3.8, 4) is 0 Å². The van der Waals surface area contributed by atoms with Gasteiger partial charge in [0.1, 0.15) is 6.10 Å². The van der Waals surface area contributed by atoms with Gasteiger partial charge in [-0.05, 0) is 58.8 Å². The van der Waals surface area contributed by atoms with Gasteiger partial charge in [0.2, 0.25) is 5.91 Å². The van der Waals surface area contributed by atoms with Crippen LogP contribution in [0.2, 0.25) is 0 Å². The number of hydrogen-bond acceptors (Lipinski definition) is 6. The SMILES string of the molecule is Cc1ccncc1C(=O)N1CCC2(CC1)OCC[C@](C)(NC(=O)CN(C)C)[C@H]2O. The molecule has 2 saturated heterocycles. The fourth-order valence-electron chi connectivity index (χ4n) is 4.40. The Morgan fingerprint density at radius 3 is 2.66 bits per heavy atom. The highest BCUT2D eigenvalue weighted by Gasteiger charge is 2.54. The molecule has 2 fully saturated rings. The molecule has 2 aliphatic heterocycles. The van der Waals surface area contributed by atoms with Gasteiger partial charge in [0, 0.05) is 32.1 Å². The number of aromatic nitrogens is 1. The molecular formula is C21H32N4O4. The van der Waals surface area contributed by atoms with Gasteiger partial charge in [0.05, 0.1) is 23.2 Å². The number of amides is 2. The molecule has 0 radical (unpaired) electrons. The number of ether oxygens (including phenoxy) is 1. The van der Waals surface area contributed by atoms with E-state index in [0.29, 0.717) is 44.5 Å². The van der Waals surface area contributed by atoms with Crippen molar-refractivity contribution in [2.45, 2.75) is 50.4 Å². The summed E-state index contributed by atoms with van der Waals surface area (Å²) in [6.45, 7) is 5.49. The number of carbonyl (C=O) groups excluding carboxylic acids is 2. The summed E-state index contributed by atoms with van der Waals surface area (Å²) in [6.07, 6.45) is 4.04. The molecule has 8 nitrogen and oxygen atoms in total. The van der Waals surface area contributed by atoms with Crippen molar-refractivity contribution in [1.29, 1.82) is 0 Å². The highest BCUT2D eigenvalue weighted by atomic mass is 16.5. The number of aliphatic hydroxyl groups is 1. The Balaban J connectivity index is 1.68. The molecule has 1 spiro atoms. The lowest BCUT2D eigenvalue weighted by Gasteiger charge is -2.53. The Morgan fingerprint density at radius 2 is 2.03 bits per heavy atom. The van der Waals surface area contributed by atoms with Crippen LogP contribution in [0.15, 0.2) is 18.5 Å². The second-order valence-electron chi connectivity index (χ2n) is 8.75. The van der Waals surface area contributed by atoms with Gasteiger partial charge in [-0.3, -0.25) is 14.6 Å². The molecule has 0 bridgehead atoms. The van der Waals surface area contributed by atoms with Crippen molar-refractivity contribution in [1.82, 2.24) is 20.1 Å². The summed E-state index contributed by atoms with van der Waals surface area (Å²) in [4.78, 5) is 32.8. The minimum absolute atomic E-state index is 0.0437. The van der Waals surface area contributed by atoms with E-state index in [1.54, 1.807) is 22.2 Å². The van der Waals surface area contributed by atoms with Crippen LogP contribution in [0.3, 0.4) is 0 Å². The molecular weight excluding hydrogens is 372 g/mol. The van der Waals surface area contributed by atoms with Crippen LogP contribution in [-0.4, -0.2) is 89.3 Å². The topological polar surface area (TPSA) is 95.0 Å². The largest absolute Gasteiger partial charge is 0.388 e. The number of hydrogen-bond donors (Lipinski definition) is 2. The van der Waals surface area contributed by atoms with E-state index in [2.05, 4.69) is 10.3 Å². The zero-order chi connectivity index (χ0) is 21.2. The van der Waals surface area contributed by atoms with Crippen molar-refractivity contribution < 1.29 is 19.4 Å². The molecule has 2 atom stereocenters. The van der Waals surface area contributed by atoms with Gasteiger partial charge in [-0.15, -0.1) is 0 Å². The quantitative estimate of drug-likeness (QED) is 0.763. The Labute approximate surface area is 172 Å². The Bertz CT molecular complexity index is 761. The van der Waals surface area contributed by atoms with Crippen molar-refractivity contribution >= 4 is 11.8 Å². The van der Waals surface area contributed by atoms with Crippen molar-refractivity contribution in [2.75, 3.05) is 40.3 Å². The summed E-state index contributed by atoms with van der Waals surface area (Å²) in [7, 11) is 3.67. The number of likely N-dealkylation sites (tertiary alicyclic amines) is 1. The first-order valence-corrected chi connectivity index (χ1v) is 10.1. The first-order valence-electron chi connectivity index (χ1n) is 10.1. The summed E-state index contributed by atoms with van der Waals surface area (Å²) in [5.74, 6) is -0.161. The van der Waals surface area contributed by atoms with Crippen LogP contribution in [0, 0.1) is 6.92 Å². The molecule has 2 N–H and O–H groups in total. The summed E-state index contributed by atoms with van der Waals surface area (Å²) < 4.78 is 6.07. The lowest BCUT2D eigenvalue weighted by molar-refractivity contribution is -0.205. The lowest BCUT2D eigenvalue weighted by atomic mass is 9.73. The van der Waals surface area contributed by atoms with E-state index in [1.807, 2.05) is 34.0 Å². The van der Waals surface area contributed by atoms with Crippen molar-refractivity contribution in [3.05, 3.63) is 29.6 Å². The van der Waals surface area contributed by atoms with Gasteiger partial charge in [-0.2, -0.15) is 0 Å². The summed E-state index contributed by atoms with van der Waals surface area (Å²) in [6, 6.07) is 1.83. The van der Waals surface area contributed by atoms with E-state index in [9.17, 15) is 14.7 Å². The molecule has 0 saturated carbocycles. The fourth-order valence-corrected chi connectivity index (χ4v) is 4.40. The zero-order valence-corrected chi connectivity index (χ0v) is 17.8. The number of carbonyl (C=O) groups is 2. The number of aliphatic hydroxyl groups excluding tert-OH is 1. The van der Waals surface area contributed by atoms with Crippen LogP contribution in [-0.2, 0) is 9.53 Å². The first-order chi connectivity index (χ1) is 13.7. The summed E-state index contributed by atoms with van der Waals surface area (Å²) in [5.41, 5.74) is 0.00106. The van der Waals surface area contributed by atoms with Crippen LogP contribution >= 0.6 is 0 Å². The van der Waals surface area contributed by atoms with E-state index >= 15 is 0 Å². The molecule has 3 rings (SSSR count). The average Bonchev–Trinajstić information content (AvgIpc) is 2.66. The predicted octanol–water partition coefficient (Wildman–Crippen LogP) is 0.583. The highest BCUT2D eigenvalue weighted by Crippen LogP contribution is 2.40. The van der Waals surface area contributed by atoms with E-state index in [4.69, 9.17) is 4.74 Å². The molecule has 1 aromatic heterocycles. The first kappa shape index (κ1) is 21.7. The molecule has 2 aliphatic rings. The fraction of sp³-hybridized carbons (Fsp3) is 0.667. The van der Waals surface area contributed by atoms with Crippen LogP contribution in [0.25, 0.3) is 0 Å². The van der Waals surface area contributed by atoms with Crippen LogP contribution in [0.5, 0.6) is 0 Å². The van der Waals surface area contributed by atoms with Crippen LogP contribution in [0.4, 0.5) is 0 Å². The van der Waals surface area contributed by atoms with Gasteiger partial charge < -0.3 is 25.0 Å². The van der Waals surface area contributed by atoms with Crippen LogP contribution in [0.1, 0.15) is 42.1 Å². The Kier molecular flexibility index (Phi) is 6.26. The molecule has 29 heavy (non-hydrogen) atoms. The summed E-state index contributed by atoms with van der Waals surface area (Å²) in [5, 5.41) is 14.2. The van der Waals surface area contributed by atoms with Gasteiger partial charge in [0.15, 0.2) is 0 Å². The highest BCUT2D eigenvalue weighted by molar-refractivity contribution is 5.95. The third-order valence-corrected chi connectivity index (χ3v) is 6.16. The normalized spacial score (nSPS) is 26.6. The maximum absolute atomic E-state index is 12.9.